The molecule has 4 aliphatic heterocycles. The van der Waals surface area contributed by atoms with Crippen molar-refractivity contribution in [3.8, 4) is 23.0 Å². The molecular formula is C42H46N2O21. The van der Waals surface area contributed by atoms with Gasteiger partial charge in [-0.2, -0.15) is 0 Å². The zero-order chi connectivity index (χ0) is 46.7. The molecule has 2 saturated heterocycles. The number of hydrogen-bond acceptors (Lipinski definition) is 21. The minimum atomic E-state index is -1.91. The molecule has 65 heavy (non-hydrogen) atoms. The molecule has 3 aromatic rings. The van der Waals surface area contributed by atoms with Gasteiger partial charge in [-0.05, 0) is 42.5 Å². The van der Waals surface area contributed by atoms with Crippen molar-refractivity contribution >= 4 is 29.9 Å². The van der Waals surface area contributed by atoms with Crippen LogP contribution in [0.25, 0.3) is 0 Å². The predicted molar refractivity (Wildman–Crippen MR) is 211 cm³/mol. The number of nitrogens with two attached hydrogens (primary N) is 1. The van der Waals surface area contributed by atoms with Crippen molar-refractivity contribution < 1.29 is 102 Å². The molecule has 0 saturated carbocycles. The molecule has 0 radical (unpaired) electrons. The van der Waals surface area contributed by atoms with Gasteiger partial charge >= 0.3 is 24.0 Å². The van der Waals surface area contributed by atoms with E-state index in [9.17, 15) is 54.6 Å². The molecule has 0 unspecified atom stereocenters. The molecule has 23 nitrogen and oxygen atoms in total. The Morgan fingerprint density at radius 3 is 1.94 bits per heavy atom. The molecule has 4 heterocycles. The number of primary amides is 1. The standard InChI is InChI=1S/C42H46N2O21/c1-18(47)58-21-4-7-24-27(14-21)60-28-15-22(59-19(2)48)5-8-25(28)42(24)26-13-20(3-6-23(26)38(54)65-42)37(53)44-9-10-56-11-12-57-40-36(33(51)31(49)29(16-45)62-40)63-39-34(52)35(64-41(43)55)32(50)30(17-46)61-39/h3-8,13-15,29-36,39-40,45-46,49-52H,9-12,16-17H2,1-2H3,(H2,43,55)(H,44,53)/t29-,30+,31+,32+,33-,34-,35-,36-,39+,40+/m0/s1. The lowest BCUT2D eigenvalue weighted by atomic mass is 9.77. The lowest BCUT2D eigenvalue weighted by Gasteiger charge is -2.46. The Morgan fingerprint density at radius 1 is 0.723 bits per heavy atom. The van der Waals surface area contributed by atoms with Crippen LogP contribution in [-0.4, -0.2) is 162 Å². The molecule has 2 amide bonds. The third kappa shape index (κ3) is 9.61. The number of ether oxygens (including phenoxy) is 10. The van der Waals surface area contributed by atoms with E-state index in [1.54, 1.807) is 12.1 Å². The zero-order valence-corrected chi connectivity index (χ0v) is 34.6. The van der Waals surface area contributed by atoms with Gasteiger partial charge in [0.05, 0.1) is 38.6 Å². The normalized spacial score (nSPS) is 27.3. The minimum absolute atomic E-state index is 0.0136. The molecular weight excluding hydrogens is 868 g/mol. The first-order valence-electron chi connectivity index (χ1n) is 20.1. The van der Waals surface area contributed by atoms with E-state index in [-0.39, 0.29) is 60.5 Å². The number of amides is 2. The lowest BCUT2D eigenvalue weighted by Crippen LogP contribution is -2.65. The maximum Gasteiger partial charge on any atom is 0.404 e. The van der Waals surface area contributed by atoms with Crippen LogP contribution in [0, 0.1) is 0 Å². The number of fused-ring (bicyclic) bond motifs is 6. The summed E-state index contributed by atoms with van der Waals surface area (Å²) in [5, 5.41) is 64.8. The fourth-order valence-electron chi connectivity index (χ4n) is 7.88. The van der Waals surface area contributed by atoms with Gasteiger partial charge in [0.15, 0.2) is 24.3 Å². The summed E-state index contributed by atoms with van der Waals surface area (Å²) in [5.41, 5.74) is 4.74. The van der Waals surface area contributed by atoms with Gasteiger partial charge < -0.3 is 89.1 Å². The van der Waals surface area contributed by atoms with Gasteiger partial charge in [-0.25, -0.2) is 9.59 Å². The van der Waals surface area contributed by atoms with E-state index in [4.69, 9.17) is 53.1 Å². The van der Waals surface area contributed by atoms with Crippen molar-refractivity contribution in [2.75, 3.05) is 39.6 Å². The summed E-state index contributed by atoms with van der Waals surface area (Å²) in [6.45, 7) is 0.492. The number of aliphatic hydroxyl groups excluding tert-OH is 6. The summed E-state index contributed by atoms with van der Waals surface area (Å²) in [5.74, 6) is -1.80. The fourth-order valence-corrected chi connectivity index (χ4v) is 7.88. The molecule has 10 atom stereocenters. The molecule has 0 aromatic heterocycles. The number of carbonyl (C=O) groups is 5. The van der Waals surface area contributed by atoms with Crippen LogP contribution in [0.5, 0.6) is 23.0 Å². The smallest absolute Gasteiger partial charge is 0.404 e. The van der Waals surface area contributed by atoms with Crippen LogP contribution in [0.15, 0.2) is 54.6 Å². The largest absolute Gasteiger partial charge is 0.456 e. The Hall–Kier alpha value is -5.83. The van der Waals surface area contributed by atoms with E-state index >= 15 is 0 Å². The van der Waals surface area contributed by atoms with Gasteiger partial charge in [-0.15, -0.1) is 0 Å². The van der Waals surface area contributed by atoms with Crippen molar-refractivity contribution in [2.24, 2.45) is 5.73 Å². The summed E-state index contributed by atoms with van der Waals surface area (Å²) in [7, 11) is 0. The van der Waals surface area contributed by atoms with Crippen molar-refractivity contribution in [1.82, 2.24) is 5.32 Å². The quantitative estimate of drug-likeness (QED) is 0.0493. The highest BCUT2D eigenvalue weighted by Crippen LogP contribution is 2.57. The van der Waals surface area contributed by atoms with E-state index in [1.165, 1.54) is 56.3 Å². The summed E-state index contributed by atoms with van der Waals surface area (Å²) in [6, 6.07) is 13.4. The first-order chi connectivity index (χ1) is 31.1. The third-order valence-corrected chi connectivity index (χ3v) is 10.8. The van der Waals surface area contributed by atoms with Gasteiger partial charge in [-0.3, -0.25) is 14.4 Å². The maximum atomic E-state index is 13.5. The van der Waals surface area contributed by atoms with E-state index in [0.29, 0.717) is 16.7 Å². The number of aliphatic hydroxyl groups is 6. The topological polar surface area (TPSA) is 337 Å². The molecule has 1 spiro atoms. The van der Waals surface area contributed by atoms with Crippen LogP contribution in [0.1, 0.15) is 51.3 Å². The van der Waals surface area contributed by atoms with Gasteiger partial charge in [0.25, 0.3) is 5.91 Å². The molecule has 9 N–H and O–H groups in total. The van der Waals surface area contributed by atoms with Gasteiger partial charge in [0.2, 0.25) is 0 Å². The molecule has 0 aliphatic carbocycles. The second-order valence-corrected chi connectivity index (χ2v) is 15.1. The van der Waals surface area contributed by atoms with Crippen LogP contribution in [0.3, 0.4) is 0 Å². The Bertz CT molecular complexity index is 2220. The zero-order valence-electron chi connectivity index (χ0n) is 34.6. The summed E-state index contributed by atoms with van der Waals surface area (Å²) in [6.07, 6.45) is -17.9. The average Bonchev–Trinajstić information content (AvgIpc) is 3.55. The Kier molecular flexibility index (Phi) is 14.3. The number of rotatable bonds is 15. The van der Waals surface area contributed by atoms with Gasteiger partial charge in [0.1, 0.15) is 65.7 Å². The Labute approximate surface area is 368 Å². The summed E-state index contributed by atoms with van der Waals surface area (Å²) >= 11 is 0. The van der Waals surface area contributed by atoms with E-state index < -0.39 is 110 Å². The second kappa shape index (κ2) is 19.7. The molecule has 23 heteroatoms. The average molecular weight is 915 g/mol. The van der Waals surface area contributed by atoms with E-state index in [0.717, 1.165) is 0 Å². The number of nitrogens with one attached hydrogen (secondary N) is 1. The third-order valence-electron chi connectivity index (χ3n) is 10.8. The van der Waals surface area contributed by atoms with Crippen LogP contribution in [0.4, 0.5) is 4.79 Å². The van der Waals surface area contributed by atoms with Crippen molar-refractivity contribution in [2.45, 2.75) is 80.9 Å². The monoisotopic (exact) mass is 914 g/mol. The first-order valence-corrected chi connectivity index (χ1v) is 20.1. The molecule has 0 bridgehead atoms. The second-order valence-electron chi connectivity index (χ2n) is 15.1. The highest BCUT2D eigenvalue weighted by Gasteiger charge is 2.55. The summed E-state index contributed by atoms with van der Waals surface area (Å²) < 4.78 is 55.7. The molecule has 3 aromatic carbocycles. The van der Waals surface area contributed by atoms with Crippen LogP contribution in [0.2, 0.25) is 0 Å². The van der Waals surface area contributed by atoms with Gasteiger partial charge in [-0.1, -0.05) is 0 Å². The van der Waals surface area contributed by atoms with Gasteiger partial charge in [0, 0.05) is 54.8 Å². The molecule has 4 aliphatic rings. The highest BCUT2D eigenvalue weighted by molar-refractivity contribution is 6.00. The Balaban J connectivity index is 0.998. The minimum Gasteiger partial charge on any atom is -0.456 e. The number of carbonyl (C=O) groups excluding carboxylic acids is 5. The van der Waals surface area contributed by atoms with Crippen molar-refractivity contribution in [3.63, 3.8) is 0 Å². The van der Waals surface area contributed by atoms with Crippen LogP contribution >= 0.6 is 0 Å². The molecule has 2 fully saturated rings. The predicted octanol–water partition coefficient (Wildman–Crippen LogP) is -1.40. The Morgan fingerprint density at radius 2 is 1.34 bits per heavy atom. The summed E-state index contributed by atoms with van der Waals surface area (Å²) in [4.78, 5) is 62.0. The highest BCUT2D eigenvalue weighted by atomic mass is 16.8. The lowest BCUT2D eigenvalue weighted by molar-refractivity contribution is -0.367. The fraction of sp³-hybridized carbons (Fsp3) is 0.452. The molecule has 7 rings (SSSR count). The van der Waals surface area contributed by atoms with E-state index in [2.05, 4.69) is 5.32 Å². The number of esters is 3. The number of benzene rings is 3. The van der Waals surface area contributed by atoms with Crippen molar-refractivity contribution in [1.29, 1.82) is 0 Å². The van der Waals surface area contributed by atoms with Crippen LogP contribution in [-0.2, 0) is 48.3 Å². The number of hydrogen-bond donors (Lipinski definition) is 8. The molecule has 350 valence electrons. The van der Waals surface area contributed by atoms with Crippen molar-refractivity contribution in [3.05, 3.63) is 82.4 Å². The van der Waals surface area contributed by atoms with Crippen LogP contribution < -0.4 is 25.3 Å². The maximum absolute atomic E-state index is 13.5. The SMILES string of the molecule is CC(=O)Oc1ccc2c(c1)Oc1cc(OC(C)=O)ccc1C21OC(=O)c2ccc(C(=O)NCCOCCO[C@@H]3O[C@@H](CO)[C@@H](O)[C@H](O)[C@@H]3O[C@H]3O[C@H](CO)[C@@H](O)[C@H](OC(N)=O)[C@@H]3O)cc21. The first kappa shape index (κ1) is 47.1. The van der Waals surface area contributed by atoms with E-state index in [1.807, 2.05) is 0 Å².